The minimum absolute atomic E-state index is 0.0967. The first-order valence-corrected chi connectivity index (χ1v) is 9.20. The van der Waals surface area contributed by atoms with Crippen LogP contribution in [0, 0.1) is 0 Å². The molecule has 3 N–H and O–H groups in total. The maximum absolute atomic E-state index is 12.1. The number of carbonyl (C=O) groups excluding carboxylic acids is 1. The van der Waals surface area contributed by atoms with E-state index in [4.69, 9.17) is 9.47 Å². The molecule has 0 saturated heterocycles. The first-order valence-electron chi connectivity index (χ1n) is 9.20. The summed E-state index contributed by atoms with van der Waals surface area (Å²) in [5, 5.41) is 9.07. The van der Waals surface area contributed by atoms with Crippen molar-refractivity contribution < 1.29 is 14.3 Å². The summed E-state index contributed by atoms with van der Waals surface area (Å²) in [4.78, 5) is 16.6. The van der Waals surface area contributed by atoms with Crippen LogP contribution in [0.5, 0.6) is 11.5 Å². The summed E-state index contributed by atoms with van der Waals surface area (Å²) in [7, 11) is 3.20. The second-order valence-electron chi connectivity index (χ2n) is 6.00. The zero-order valence-electron chi connectivity index (χ0n) is 16.6. The van der Waals surface area contributed by atoms with Gasteiger partial charge in [-0.3, -0.25) is 4.79 Å². The van der Waals surface area contributed by atoms with Gasteiger partial charge in [-0.15, -0.1) is 0 Å². The van der Waals surface area contributed by atoms with E-state index in [1.807, 2.05) is 55.5 Å². The fourth-order valence-electron chi connectivity index (χ4n) is 2.51. The summed E-state index contributed by atoms with van der Waals surface area (Å²) >= 11 is 0. The number of methoxy groups -OCH3 is 2. The van der Waals surface area contributed by atoms with Crippen LogP contribution in [-0.2, 0) is 17.9 Å². The average molecular weight is 384 g/mol. The van der Waals surface area contributed by atoms with Crippen molar-refractivity contribution in [3.63, 3.8) is 0 Å². The van der Waals surface area contributed by atoms with Crippen molar-refractivity contribution in [2.75, 3.05) is 27.3 Å². The molecule has 0 aromatic heterocycles. The number of nitrogens with zero attached hydrogens (tertiary/aromatic N) is 1. The molecular formula is C21H28N4O3. The van der Waals surface area contributed by atoms with E-state index < -0.39 is 0 Å². The second kappa shape index (κ2) is 11.5. The Hall–Kier alpha value is -3.22. The summed E-state index contributed by atoms with van der Waals surface area (Å²) in [5.74, 6) is 1.82. The number of rotatable bonds is 9. The molecule has 2 rings (SSSR count). The molecule has 28 heavy (non-hydrogen) atoms. The molecule has 1 amide bonds. The van der Waals surface area contributed by atoms with Gasteiger partial charge in [0.15, 0.2) is 17.5 Å². The minimum Gasteiger partial charge on any atom is -0.493 e. The predicted molar refractivity (Wildman–Crippen MR) is 111 cm³/mol. The van der Waals surface area contributed by atoms with E-state index in [9.17, 15) is 4.79 Å². The van der Waals surface area contributed by atoms with Crippen LogP contribution in [0.3, 0.4) is 0 Å². The first-order chi connectivity index (χ1) is 13.7. The molecule has 0 unspecified atom stereocenters. The fraction of sp³-hybridized carbons (Fsp3) is 0.333. The van der Waals surface area contributed by atoms with E-state index in [1.165, 1.54) is 0 Å². The van der Waals surface area contributed by atoms with E-state index >= 15 is 0 Å². The Labute approximate surface area is 166 Å². The van der Waals surface area contributed by atoms with Crippen molar-refractivity contribution in [1.29, 1.82) is 0 Å². The van der Waals surface area contributed by atoms with Crippen molar-refractivity contribution in [3.05, 3.63) is 59.7 Å². The van der Waals surface area contributed by atoms with Gasteiger partial charge in [-0.1, -0.05) is 36.4 Å². The number of guanidine groups is 1. The van der Waals surface area contributed by atoms with Crippen LogP contribution < -0.4 is 25.4 Å². The highest BCUT2D eigenvalue weighted by molar-refractivity contribution is 5.86. The Balaban J connectivity index is 1.88. The number of amides is 1. The molecule has 0 radical (unpaired) electrons. The molecule has 0 aliphatic rings. The molecule has 0 bridgehead atoms. The Morgan fingerprint density at radius 1 is 0.929 bits per heavy atom. The molecule has 0 fully saturated rings. The molecule has 7 nitrogen and oxygen atoms in total. The SMILES string of the molecule is CCNC(=NCc1ccc(OC)c(OC)c1)NCC(=O)NCc1ccccc1. The van der Waals surface area contributed by atoms with Gasteiger partial charge < -0.3 is 25.4 Å². The molecular weight excluding hydrogens is 356 g/mol. The van der Waals surface area contributed by atoms with Gasteiger partial charge in [0.1, 0.15) is 0 Å². The van der Waals surface area contributed by atoms with Gasteiger partial charge >= 0.3 is 0 Å². The lowest BCUT2D eigenvalue weighted by Crippen LogP contribution is -2.43. The summed E-state index contributed by atoms with van der Waals surface area (Å²) in [6.45, 7) is 3.76. The maximum atomic E-state index is 12.1. The van der Waals surface area contributed by atoms with Crippen molar-refractivity contribution in [2.24, 2.45) is 4.99 Å². The first kappa shape index (κ1) is 21.1. The number of carbonyl (C=O) groups is 1. The van der Waals surface area contributed by atoms with E-state index in [1.54, 1.807) is 14.2 Å². The molecule has 7 heteroatoms. The third kappa shape index (κ3) is 6.83. The molecule has 0 spiro atoms. The lowest BCUT2D eigenvalue weighted by Gasteiger charge is -2.12. The van der Waals surface area contributed by atoms with Gasteiger partial charge in [-0.2, -0.15) is 0 Å². The normalized spacial score (nSPS) is 10.9. The van der Waals surface area contributed by atoms with Gasteiger partial charge in [0.2, 0.25) is 5.91 Å². The maximum Gasteiger partial charge on any atom is 0.239 e. The third-order valence-electron chi connectivity index (χ3n) is 3.96. The Morgan fingerprint density at radius 2 is 1.68 bits per heavy atom. The highest BCUT2D eigenvalue weighted by atomic mass is 16.5. The van der Waals surface area contributed by atoms with Gasteiger partial charge in [0.05, 0.1) is 27.3 Å². The van der Waals surface area contributed by atoms with E-state index in [2.05, 4.69) is 20.9 Å². The number of nitrogens with one attached hydrogen (secondary N) is 3. The molecule has 0 heterocycles. The minimum atomic E-state index is -0.0967. The molecule has 0 saturated carbocycles. The molecule has 0 aliphatic carbocycles. The Bertz CT molecular complexity index is 778. The van der Waals surface area contributed by atoms with Crippen LogP contribution in [0.25, 0.3) is 0 Å². The number of aliphatic imine (C=N–C) groups is 1. The van der Waals surface area contributed by atoms with Crippen LogP contribution in [0.1, 0.15) is 18.1 Å². The van der Waals surface area contributed by atoms with Crippen LogP contribution in [-0.4, -0.2) is 39.2 Å². The topological polar surface area (TPSA) is 84.0 Å². The zero-order valence-corrected chi connectivity index (χ0v) is 16.6. The van der Waals surface area contributed by atoms with E-state index in [-0.39, 0.29) is 12.5 Å². The van der Waals surface area contributed by atoms with Crippen molar-refractivity contribution in [2.45, 2.75) is 20.0 Å². The van der Waals surface area contributed by atoms with Gasteiger partial charge in [0, 0.05) is 13.1 Å². The van der Waals surface area contributed by atoms with Gasteiger partial charge in [-0.05, 0) is 30.2 Å². The quantitative estimate of drug-likeness (QED) is 0.455. The lowest BCUT2D eigenvalue weighted by molar-refractivity contribution is -0.120. The fourth-order valence-corrected chi connectivity index (χ4v) is 2.51. The van der Waals surface area contributed by atoms with Gasteiger partial charge in [0.25, 0.3) is 0 Å². The Kier molecular flexibility index (Phi) is 8.65. The summed E-state index contributed by atoms with van der Waals surface area (Å²) < 4.78 is 10.6. The number of hydrogen-bond donors (Lipinski definition) is 3. The highest BCUT2D eigenvalue weighted by Gasteiger charge is 2.06. The number of benzene rings is 2. The van der Waals surface area contributed by atoms with Crippen LogP contribution in [0.2, 0.25) is 0 Å². The lowest BCUT2D eigenvalue weighted by atomic mass is 10.2. The summed E-state index contributed by atoms with van der Waals surface area (Å²) in [6.07, 6.45) is 0. The van der Waals surface area contributed by atoms with Crippen molar-refractivity contribution >= 4 is 11.9 Å². The Morgan fingerprint density at radius 3 is 2.36 bits per heavy atom. The van der Waals surface area contributed by atoms with Crippen molar-refractivity contribution in [1.82, 2.24) is 16.0 Å². The second-order valence-corrected chi connectivity index (χ2v) is 6.00. The summed E-state index contributed by atoms with van der Waals surface area (Å²) in [5.41, 5.74) is 2.04. The standard InChI is InChI=1S/C21H28N4O3/c1-4-22-21(24-14-17-10-11-18(27-2)19(12-17)28-3)25-15-20(26)23-13-16-8-6-5-7-9-16/h5-12H,4,13-15H2,1-3H3,(H,23,26)(H2,22,24,25). The molecule has 0 aliphatic heterocycles. The van der Waals surface area contributed by atoms with Gasteiger partial charge in [-0.25, -0.2) is 4.99 Å². The van der Waals surface area contributed by atoms with Crippen LogP contribution >= 0.6 is 0 Å². The van der Waals surface area contributed by atoms with Crippen molar-refractivity contribution in [3.8, 4) is 11.5 Å². The smallest absolute Gasteiger partial charge is 0.239 e. The molecule has 0 atom stereocenters. The molecule has 2 aromatic rings. The number of hydrogen-bond acceptors (Lipinski definition) is 4. The monoisotopic (exact) mass is 384 g/mol. The largest absolute Gasteiger partial charge is 0.493 e. The number of ether oxygens (including phenoxy) is 2. The van der Waals surface area contributed by atoms with Crippen LogP contribution in [0.15, 0.2) is 53.5 Å². The molecule has 2 aromatic carbocycles. The van der Waals surface area contributed by atoms with E-state index in [0.717, 1.165) is 11.1 Å². The van der Waals surface area contributed by atoms with E-state index in [0.29, 0.717) is 37.1 Å². The predicted octanol–water partition coefficient (Wildman–Crippen LogP) is 2.08. The van der Waals surface area contributed by atoms with Crippen LogP contribution in [0.4, 0.5) is 0 Å². The average Bonchev–Trinajstić information content (AvgIpc) is 2.74. The third-order valence-corrected chi connectivity index (χ3v) is 3.96. The zero-order chi connectivity index (χ0) is 20.2. The molecule has 150 valence electrons. The highest BCUT2D eigenvalue weighted by Crippen LogP contribution is 2.27. The summed E-state index contributed by atoms with van der Waals surface area (Å²) in [6, 6.07) is 15.5.